The Morgan fingerprint density at radius 3 is 2.25 bits per heavy atom. The second-order valence-corrected chi connectivity index (χ2v) is 8.16. The molecule has 16 heavy (non-hydrogen) atoms. The van der Waals surface area contributed by atoms with Crippen molar-refractivity contribution in [2.75, 3.05) is 0 Å². The highest BCUT2D eigenvalue weighted by molar-refractivity contribution is 7.88. The van der Waals surface area contributed by atoms with E-state index in [9.17, 15) is 8.42 Å². The van der Waals surface area contributed by atoms with Crippen molar-refractivity contribution in [1.29, 1.82) is 0 Å². The van der Waals surface area contributed by atoms with Crippen LogP contribution in [0, 0.1) is 5.92 Å². The number of fused-ring (bicyclic) bond motifs is 2. The van der Waals surface area contributed by atoms with Crippen molar-refractivity contribution < 1.29 is 12.6 Å². The molecule has 2 fully saturated rings. The van der Waals surface area contributed by atoms with Crippen molar-refractivity contribution in [2.24, 2.45) is 5.92 Å². The Labute approximate surface area is 98.7 Å². The van der Waals surface area contributed by atoms with Gasteiger partial charge in [-0.1, -0.05) is 6.92 Å². The predicted molar refractivity (Wildman–Crippen MR) is 63.7 cm³/mol. The molecule has 0 spiro atoms. The zero-order chi connectivity index (χ0) is 12.0. The zero-order valence-corrected chi connectivity index (χ0v) is 11.3. The van der Waals surface area contributed by atoms with Crippen molar-refractivity contribution >= 4 is 10.1 Å². The maximum absolute atomic E-state index is 12.2. The van der Waals surface area contributed by atoms with E-state index in [-0.39, 0.29) is 5.60 Å². The van der Waals surface area contributed by atoms with Gasteiger partial charge in [-0.2, -0.15) is 8.42 Å². The number of hydrogen-bond acceptors (Lipinski definition) is 3. The maximum atomic E-state index is 12.2. The lowest BCUT2D eigenvalue weighted by Crippen LogP contribution is -2.40. The lowest BCUT2D eigenvalue weighted by atomic mass is 9.98. The highest BCUT2D eigenvalue weighted by Crippen LogP contribution is 2.51. The molecule has 94 valence electrons. The average molecular weight is 246 g/mol. The molecule has 0 radical (unpaired) electrons. The molecule has 0 N–H and O–H groups in total. The van der Waals surface area contributed by atoms with E-state index in [1.165, 1.54) is 0 Å². The quantitative estimate of drug-likeness (QED) is 0.716. The minimum atomic E-state index is -3.44. The highest BCUT2D eigenvalue weighted by Gasteiger charge is 2.50. The van der Waals surface area contributed by atoms with E-state index in [1.807, 2.05) is 6.92 Å². The normalized spacial score (nSPS) is 34.6. The molecule has 2 rings (SSSR count). The van der Waals surface area contributed by atoms with Gasteiger partial charge in [0.2, 0.25) is 0 Å². The van der Waals surface area contributed by atoms with Crippen molar-refractivity contribution in [1.82, 2.24) is 0 Å². The monoisotopic (exact) mass is 246 g/mol. The summed E-state index contributed by atoms with van der Waals surface area (Å²) in [5.41, 5.74) is -0.337. The Bertz CT molecular complexity index is 362. The van der Waals surface area contributed by atoms with Gasteiger partial charge in [-0.05, 0) is 58.3 Å². The summed E-state index contributed by atoms with van der Waals surface area (Å²) in [7, 11) is -3.44. The number of rotatable bonds is 4. The van der Waals surface area contributed by atoms with Gasteiger partial charge in [-0.15, -0.1) is 0 Å². The van der Waals surface area contributed by atoms with Crippen molar-refractivity contribution in [3.05, 3.63) is 0 Å². The summed E-state index contributed by atoms with van der Waals surface area (Å²) in [5.74, 6) is 0.708. The Kier molecular flexibility index (Phi) is 2.86. The molecule has 0 amide bonds. The van der Waals surface area contributed by atoms with E-state index in [2.05, 4.69) is 0 Å². The summed E-state index contributed by atoms with van der Waals surface area (Å²) < 4.78 is 29.2. The fourth-order valence-corrected chi connectivity index (χ4v) is 4.06. The first-order valence-electron chi connectivity index (χ1n) is 6.25. The molecule has 0 aromatic heterocycles. The van der Waals surface area contributed by atoms with Crippen LogP contribution < -0.4 is 0 Å². The van der Waals surface area contributed by atoms with Gasteiger partial charge >= 0.3 is 0 Å². The molecule has 0 aromatic carbocycles. The molecule has 3 nitrogen and oxygen atoms in total. The summed E-state index contributed by atoms with van der Waals surface area (Å²) >= 11 is 0. The Hall–Kier alpha value is -0.0900. The average Bonchev–Trinajstić information content (AvgIpc) is 2.75. The summed E-state index contributed by atoms with van der Waals surface area (Å²) in [6.45, 7) is 5.39. The third kappa shape index (κ3) is 1.90. The summed E-state index contributed by atoms with van der Waals surface area (Å²) in [6.07, 6.45) is 5.68. The third-order valence-electron chi connectivity index (χ3n) is 4.49. The second-order valence-electron chi connectivity index (χ2n) is 5.98. The first kappa shape index (κ1) is 12.4. The molecular weight excluding hydrogens is 224 g/mol. The molecule has 0 aliphatic heterocycles. The minimum Gasteiger partial charge on any atom is -0.263 e. The smallest absolute Gasteiger partial charge is 0.263 e. The van der Waals surface area contributed by atoms with Gasteiger partial charge in [0, 0.05) is 0 Å². The van der Waals surface area contributed by atoms with Gasteiger partial charge in [0.05, 0.1) is 10.3 Å². The van der Waals surface area contributed by atoms with Crippen LogP contribution in [0.3, 0.4) is 0 Å². The highest BCUT2D eigenvalue weighted by atomic mass is 32.2. The van der Waals surface area contributed by atoms with E-state index in [4.69, 9.17) is 4.18 Å². The Morgan fingerprint density at radius 1 is 1.31 bits per heavy atom. The van der Waals surface area contributed by atoms with Crippen LogP contribution in [0.2, 0.25) is 0 Å². The van der Waals surface area contributed by atoms with Gasteiger partial charge < -0.3 is 0 Å². The van der Waals surface area contributed by atoms with E-state index in [1.54, 1.807) is 13.8 Å². The standard InChI is InChI=1S/C12H22O3S/c1-4-11(2,3)16(13,14)15-12-7-5-10(9-12)6-8-12/h10H,4-9H2,1-3H3. The van der Waals surface area contributed by atoms with Crippen molar-refractivity contribution in [3.8, 4) is 0 Å². The SMILES string of the molecule is CCC(C)(C)S(=O)(=O)OC12CCC(CC1)C2. The first-order chi connectivity index (χ1) is 7.30. The van der Waals surface area contributed by atoms with Crippen molar-refractivity contribution in [2.45, 2.75) is 69.6 Å². The fraction of sp³-hybridized carbons (Fsp3) is 1.00. The second kappa shape index (κ2) is 3.70. The largest absolute Gasteiger partial charge is 0.273 e. The zero-order valence-electron chi connectivity index (χ0n) is 10.5. The van der Waals surface area contributed by atoms with E-state index in [0.29, 0.717) is 12.3 Å². The molecule has 0 aromatic rings. The predicted octanol–water partition coefficient (Wildman–Crippen LogP) is 2.85. The Morgan fingerprint density at radius 2 is 1.88 bits per heavy atom. The van der Waals surface area contributed by atoms with Crippen LogP contribution in [-0.4, -0.2) is 18.8 Å². The van der Waals surface area contributed by atoms with Gasteiger partial charge in [0.15, 0.2) is 0 Å². The fourth-order valence-electron chi connectivity index (χ4n) is 2.78. The molecule has 2 saturated carbocycles. The van der Waals surface area contributed by atoms with Crippen LogP contribution in [0.4, 0.5) is 0 Å². The van der Waals surface area contributed by atoms with E-state index in [0.717, 1.165) is 32.1 Å². The Balaban J connectivity index is 2.16. The first-order valence-corrected chi connectivity index (χ1v) is 7.66. The van der Waals surface area contributed by atoms with Crippen LogP contribution in [0.1, 0.15) is 59.3 Å². The molecule has 4 heteroatoms. The summed E-state index contributed by atoms with van der Waals surface area (Å²) in [4.78, 5) is 0. The van der Waals surface area contributed by atoms with Gasteiger partial charge in [0.1, 0.15) is 0 Å². The molecule has 0 saturated heterocycles. The van der Waals surface area contributed by atoms with Crippen LogP contribution in [0.25, 0.3) is 0 Å². The van der Waals surface area contributed by atoms with Gasteiger partial charge in [-0.3, -0.25) is 4.18 Å². The van der Waals surface area contributed by atoms with Crippen LogP contribution in [-0.2, 0) is 14.3 Å². The molecule has 0 unspecified atom stereocenters. The van der Waals surface area contributed by atoms with Crippen LogP contribution in [0.15, 0.2) is 0 Å². The summed E-state index contributed by atoms with van der Waals surface area (Å²) in [5, 5.41) is 0. The molecule has 0 atom stereocenters. The topological polar surface area (TPSA) is 43.4 Å². The van der Waals surface area contributed by atoms with Gasteiger partial charge in [0.25, 0.3) is 10.1 Å². The molecule has 2 bridgehead atoms. The summed E-state index contributed by atoms with van der Waals surface area (Å²) in [6, 6.07) is 0. The minimum absolute atomic E-state index is 0.337. The van der Waals surface area contributed by atoms with E-state index >= 15 is 0 Å². The molecular formula is C12H22O3S. The number of hydrogen-bond donors (Lipinski definition) is 0. The lowest BCUT2D eigenvalue weighted by molar-refractivity contribution is 0.0835. The third-order valence-corrected chi connectivity index (χ3v) is 6.71. The maximum Gasteiger partial charge on any atom is 0.273 e. The van der Waals surface area contributed by atoms with E-state index < -0.39 is 14.9 Å². The van der Waals surface area contributed by atoms with Crippen molar-refractivity contribution in [3.63, 3.8) is 0 Å². The molecule has 2 aliphatic carbocycles. The molecule has 0 heterocycles. The van der Waals surface area contributed by atoms with Gasteiger partial charge in [-0.25, -0.2) is 0 Å². The lowest BCUT2D eigenvalue weighted by Gasteiger charge is -2.31. The van der Waals surface area contributed by atoms with Crippen LogP contribution >= 0.6 is 0 Å². The van der Waals surface area contributed by atoms with Crippen LogP contribution in [0.5, 0.6) is 0 Å². The molecule has 2 aliphatic rings.